The molecule has 2 aromatic rings. The van der Waals surface area contributed by atoms with Gasteiger partial charge in [0, 0.05) is 11.3 Å². The molecular weight excluding hydrogens is 326 g/mol. The maximum absolute atomic E-state index is 12.3. The summed E-state index contributed by atoms with van der Waals surface area (Å²) < 4.78 is 0. The van der Waals surface area contributed by atoms with Crippen LogP contribution < -0.4 is 5.32 Å². The maximum Gasteiger partial charge on any atom is 0.220 e. The third-order valence-electron chi connectivity index (χ3n) is 4.29. The second-order valence-corrected chi connectivity index (χ2v) is 8.17. The van der Waals surface area contributed by atoms with Gasteiger partial charge in [-0.2, -0.15) is 0 Å². The van der Waals surface area contributed by atoms with Crippen molar-refractivity contribution in [1.82, 2.24) is 5.32 Å². The van der Waals surface area contributed by atoms with Gasteiger partial charge in [-0.15, -0.1) is 22.7 Å². The molecule has 0 saturated heterocycles. The lowest BCUT2D eigenvalue weighted by molar-refractivity contribution is -0.122. The summed E-state index contributed by atoms with van der Waals surface area (Å²) in [5.41, 5.74) is 0. The molecule has 3 nitrogen and oxygen atoms in total. The van der Waals surface area contributed by atoms with E-state index in [0.717, 1.165) is 14.6 Å². The maximum atomic E-state index is 12.3. The molecule has 1 amide bonds. The largest absolute Gasteiger partial charge is 0.351 e. The van der Waals surface area contributed by atoms with Crippen molar-refractivity contribution in [2.24, 2.45) is 5.92 Å². The molecule has 0 aliphatic heterocycles. The molecule has 5 heteroatoms. The highest BCUT2D eigenvalue weighted by molar-refractivity contribution is 7.16. The van der Waals surface area contributed by atoms with Crippen LogP contribution in [0.4, 0.5) is 0 Å². The van der Waals surface area contributed by atoms with Crippen molar-refractivity contribution in [3.05, 3.63) is 44.3 Å². The van der Waals surface area contributed by atoms with Gasteiger partial charge in [0.1, 0.15) is 0 Å². The Hall–Kier alpha value is -1.46. The van der Waals surface area contributed by atoms with Gasteiger partial charge in [0.15, 0.2) is 0 Å². The van der Waals surface area contributed by atoms with Crippen LogP contribution in [0.3, 0.4) is 0 Å². The standard InChI is InChI=1S/C18H21NO2S2/c20-17(11-13-5-2-1-3-6-13)19-12-14-8-9-16(23-14)18(21)15-7-4-10-22-15/h4,7-10,13H,1-3,5-6,11-12H2,(H,19,20). The normalized spacial score (nSPS) is 15.5. The van der Waals surface area contributed by atoms with Crippen LogP contribution in [0.2, 0.25) is 0 Å². The van der Waals surface area contributed by atoms with Crippen molar-refractivity contribution in [1.29, 1.82) is 0 Å². The van der Waals surface area contributed by atoms with Gasteiger partial charge in [-0.25, -0.2) is 0 Å². The molecule has 0 bridgehead atoms. The Morgan fingerprint density at radius 2 is 1.91 bits per heavy atom. The lowest BCUT2D eigenvalue weighted by Crippen LogP contribution is -2.25. The Labute approximate surface area is 144 Å². The Morgan fingerprint density at radius 3 is 2.65 bits per heavy atom. The summed E-state index contributed by atoms with van der Waals surface area (Å²) >= 11 is 2.93. The molecule has 1 aliphatic rings. The van der Waals surface area contributed by atoms with Crippen LogP contribution in [0.5, 0.6) is 0 Å². The van der Waals surface area contributed by atoms with Crippen molar-refractivity contribution in [2.45, 2.75) is 45.1 Å². The Kier molecular flexibility index (Phi) is 5.62. The zero-order chi connectivity index (χ0) is 16.1. The fourth-order valence-corrected chi connectivity index (χ4v) is 4.68. The monoisotopic (exact) mass is 347 g/mol. The van der Waals surface area contributed by atoms with Crippen LogP contribution in [0.1, 0.15) is 58.0 Å². The lowest BCUT2D eigenvalue weighted by Gasteiger charge is -2.20. The minimum Gasteiger partial charge on any atom is -0.351 e. The highest BCUT2D eigenvalue weighted by atomic mass is 32.1. The topological polar surface area (TPSA) is 46.2 Å². The van der Waals surface area contributed by atoms with Crippen molar-refractivity contribution in [3.8, 4) is 0 Å². The van der Waals surface area contributed by atoms with Crippen LogP contribution >= 0.6 is 22.7 Å². The Bertz CT molecular complexity index is 654. The Morgan fingerprint density at radius 1 is 1.09 bits per heavy atom. The zero-order valence-electron chi connectivity index (χ0n) is 13.0. The molecule has 1 fully saturated rings. The third kappa shape index (κ3) is 4.52. The van der Waals surface area contributed by atoms with Gasteiger partial charge in [-0.1, -0.05) is 25.3 Å². The molecule has 1 saturated carbocycles. The molecule has 122 valence electrons. The van der Waals surface area contributed by atoms with E-state index in [9.17, 15) is 9.59 Å². The van der Waals surface area contributed by atoms with E-state index in [-0.39, 0.29) is 11.7 Å². The molecule has 1 N–H and O–H groups in total. The van der Waals surface area contributed by atoms with Crippen molar-refractivity contribution >= 4 is 34.4 Å². The molecule has 0 spiro atoms. The lowest BCUT2D eigenvalue weighted by atomic mass is 9.87. The molecule has 0 aromatic carbocycles. The predicted molar refractivity (Wildman–Crippen MR) is 95.1 cm³/mol. The first-order valence-corrected chi connectivity index (χ1v) is 9.85. The zero-order valence-corrected chi connectivity index (χ0v) is 14.7. The van der Waals surface area contributed by atoms with E-state index in [1.807, 2.05) is 29.6 Å². The molecule has 3 rings (SSSR count). The number of carbonyl (C=O) groups is 2. The predicted octanol–water partition coefficient (Wildman–Crippen LogP) is 4.63. The number of hydrogen-bond donors (Lipinski definition) is 1. The number of thiophene rings is 2. The van der Waals surface area contributed by atoms with Gasteiger partial charge < -0.3 is 5.32 Å². The smallest absolute Gasteiger partial charge is 0.220 e. The van der Waals surface area contributed by atoms with Crippen LogP contribution in [-0.2, 0) is 11.3 Å². The van der Waals surface area contributed by atoms with E-state index in [4.69, 9.17) is 0 Å². The summed E-state index contributed by atoms with van der Waals surface area (Å²) in [4.78, 5) is 26.8. The average molecular weight is 348 g/mol. The SMILES string of the molecule is O=C(CC1CCCCC1)NCc1ccc(C(=O)c2cccs2)s1. The van der Waals surface area contributed by atoms with Crippen molar-refractivity contribution in [3.63, 3.8) is 0 Å². The fraction of sp³-hybridized carbons (Fsp3) is 0.444. The van der Waals surface area contributed by atoms with E-state index in [1.165, 1.54) is 54.8 Å². The number of ketones is 1. The molecule has 1 aliphatic carbocycles. The van der Waals surface area contributed by atoms with Crippen molar-refractivity contribution in [2.75, 3.05) is 0 Å². The summed E-state index contributed by atoms with van der Waals surface area (Å²) in [6, 6.07) is 7.53. The number of carbonyl (C=O) groups excluding carboxylic acids is 2. The molecule has 0 radical (unpaired) electrons. The third-order valence-corrected chi connectivity index (χ3v) is 6.24. The minimum atomic E-state index is 0.0739. The second kappa shape index (κ2) is 7.88. The Balaban J connectivity index is 1.49. The van der Waals surface area contributed by atoms with Gasteiger partial charge >= 0.3 is 0 Å². The summed E-state index contributed by atoms with van der Waals surface area (Å²) in [5, 5.41) is 4.91. The minimum absolute atomic E-state index is 0.0739. The van der Waals surface area contributed by atoms with Crippen LogP contribution in [-0.4, -0.2) is 11.7 Å². The number of rotatable bonds is 6. The molecule has 2 heterocycles. The summed E-state index contributed by atoms with van der Waals surface area (Å²) in [5.74, 6) is 0.768. The van der Waals surface area contributed by atoms with E-state index < -0.39 is 0 Å². The van der Waals surface area contributed by atoms with Gasteiger partial charge in [-0.3, -0.25) is 9.59 Å². The van der Waals surface area contributed by atoms with Crippen LogP contribution in [0.15, 0.2) is 29.6 Å². The van der Waals surface area contributed by atoms with Crippen LogP contribution in [0.25, 0.3) is 0 Å². The molecule has 23 heavy (non-hydrogen) atoms. The fourth-order valence-electron chi connectivity index (χ4n) is 3.04. The first-order chi connectivity index (χ1) is 11.2. The quantitative estimate of drug-likeness (QED) is 0.775. The second-order valence-electron chi connectivity index (χ2n) is 6.06. The average Bonchev–Trinajstić information content (AvgIpc) is 3.25. The van der Waals surface area contributed by atoms with E-state index >= 15 is 0 Å². The highest BCUT2D eigenvalue weighted by Crippen LogP contribution is 2.26. The van der Waals surface area contributed by atoms with Crippen LogP contribution in [0, 0.1) is 5.92 Å². The van der Waals surface area contributed by atoms with E-state index in [2.05, 4.69) is 5.32 Å². The molecule has 0 unspecified atom stereocenters. The first kappa shape index (κ1) is 16.4. The number of amides is 1. The molecule has 0 atom stereocenters. The summed E-state index contributed by atoms with van der Waals surface area (Å²) in [6.07, 6.45) is 6.85. The number of nitrogens with one attached hydrogen (secondary N) is 1. The highest BCUT2D eigenvalue weighted by Gasteiger charge is 2.17. The van der Waals surface area contributed by atoms with Gasteiger partial charge in [-0.05, 0) is 42.3 Å². The van der Waals surface area contributed by atoms with Gasteiger partial charge in [0.25, 0.3) is 0 Å². The summed E-state index contributed by atoms with van der Waals surface area (Å²) in [7, 11) is 0. The first-order valence-electron chi connectivity index (χ1n) is 8.16. The summed E-state index contributed by atoms with van der Waals surface area (Å²) in [6.45, 7) is 0.522. The van der Waals surface area contributed by atoms with Gasteiger partial charge in [0.2, 0.25) is 11.7 Å². The molecular formula is C18H21NO2S2. The molecule has 2 aromatic heterocycles. The number of hydrogen-bond acceptors (Lipinski definition) is 4. The van der Waals surface area contributed by atoms with E-state index in [0.29, 0.717) is 18.9 Å². The van der Waals surface area contributed by atoms with Crippen molar-refractivity contribution < 1.29 is 9.59 Å². The van der Waals surface area contributed by atoms with Gasteiger partial charge in [0.05, 0.1) is 16.3 Å². The van der Waals surface area contributed by atoms with E-state index in [1.54, 1.807) is 0 Å².